The number of rotatable bonds is 4. The van der Waals surface area contributed by atoms with E-state index >= 15 is 0 Å². The lowest BCUT2D eigenvalue weighted by molar-refractivity contribution is 0.697. The fourth-order valence-electron chi connectivity index (χ4n) is 1.61. The van der Waals surface area contributed by atoms with Gasteiger partial charge in [0.25, 0.3) is 0 Å². The van der Waals surface area contributed by atoms with Crippen molar-refractivity contribution in [2.45, 2.75) is 6.92 Å². The second-order valence-electron chi connectivity index (χ2n) is 4.16. The molecule has 2 aromatic rings. The number of hydrogen-bond donors (Lipinski definition) is 1. The van der Waals surface area contributed by atoms with Gasteiger partial charge in [0.15, 0.2) is 0 Å². The summed E-state index contributed by atoms with van der Waals surface area (Å²) in [6.07, 6.45) is 1.78. The first kappa shape index (κ1) is 12.5. The van der Waals surface area contributed by atoms with Crippen LogP contribution in [0.3, 0.4) is 0 Å². The van der Waals surface area contributed by atoms with Crippen molar-refractivity contribution in [3.63, 3.8) is 0 Å². The van der Waals surface area contributed by atoms with Crippen LogP contribution in [-0.2, 0) is 0 Å². The van der Waals surface area contributed by atoms with E-state index in [-0.39, 0.29) is 0 Å². The molecule has 17 heavy (non-hydrogen) atoms. The van der Waals surface area contributed by atoms with E-state index in [2.05, 4.69) is 17.2 Å². The highest BCUT2D eigenvalue weighted by molar-refractivity contribution is 6.31. The number of halogens is 2. The molecule has 1 aromatic carbocycles. The van der Waals surface area contributed by atoms with Gasteiger partial charge in [0.05, 0.1) is 5.52 Å². The van der Waals surface area contributed by atoms with Crippen molar-refractivity contribution in [2.24, 2.45) is 5.92 Å². The second-order valence-corrected chi connectivity index (χ2v) is 4.91. The first-order valence-corrected chi connectivity index (χ1v) is 6.46. The molecule has 0 spiro atoms. The van der Waals surface area contributed by atoms with E-state index in [1.165, 1.54) is 0 Å². The normalized spacial score (nSPS) is 12.6. The molecule has 0 radical (unpaired) electrons. The molecule has 1 atom stereocenters. The third kappa shape index (κ3) is 3.02. The Morgan fingerprint density at radius 2 is 2.18 bits per heavy atom. The highest BCUT2D eigenvalue weighted by Gasteiger charge is 2.04. The maximum atomic E-state index is 5.94. The second kappa shape index (κ2) is 5.56. The van der Waals surface area contributed by atoms with Crippen LogP contribution in [-0.4, -0.2) is 17.4 Å². The molecule has 1 aromatic heterocycles. The predicted octanol–water partition coefficient (Wildman–Crippen LogP) is 4.18. The topological polar surface area (TPSA) is 24.9 Å². The highest BCUT2D eigenvalue weighted by atomic mass is 35.5. The summed E-state index contributed by atoms with van der Waals surface area (Å²) in [7, 11) is 0. The largest absolute Gasteiger partial charge is 0.384 e. The van der Waals surface area contributed by atoms with Crippen molar-refractivity contribution in [3.8, 4) is 0 Å². The molecule has 0 aliphatic rings. The van der Waals surface area contributed by atoms with E-state index in [0.717, 1.165) is 23.1 Å². The summed E-state index contributed by atoms with van der Waals surface area (Å²) in [5.74, 6) is 1.09. The number of nitrogens with zero attached hydrogens (tertiary/aromatic N) is 1. The molecule has 1 N–H and O–H groups in total. The van der Waals surface area contributed by atoms with Gasteiger partial charge >= 0.3 is 0 Å². The fourth-order valence-corrected chi connectivity index (χ4v) is 1.89. The number of benzene rings is 1. The molecule has 4 heteroatoms. The Bertz CT molecular complexity index is 514. The van der Waals surface area contributed by atoms with Gasteiger partial charge in [-0.2, -0.15) is 0 Å². The third-order valence-corrected chi connectivity index (χ3v) is 3.37. The maximum absolute atomic E-state index is 5.94. The Hall–Kier alpha value is -0.990. The number of anilines is 1. The molecule has 0 saturated carbocycles. The molecule has 2 nitrogen and oxygen atoms in total. The first-order chi connectivity index (χ1) is 8.20. The highest BCUT2D eigenvalue weighted by Crippen LogP contribution is 2.24. The van der Waals surface area contributed by atoms with Gasteiger partial charge in [-0.3, -0.25) is 4.98 Å². The van der Waals surface area contributed by atoms with Crippen LogP contribution in [0.2, 0.25) is 5.02 Å². The van der Waals surface area contributed by atoms with Gasteiger partial charge in [-0.05, 0) is 30.2 Å². The lowest BCUT2D eigenvalue weighted by atomic mass is 10.1. The van der Waals surface area contributed by atoms with Gasteiger partial charge in [0.1, 0.15) is 0 Å². The predicted molar refractivity (Wildman–Crippen MR) is 75.1 cm³/mol. The number of aromatic nitrogens is 1. The van der Waals surface area contributed by atoms with Gasteiger partial charge < -0.3 is 5.32 Å². The molecule has 0 saturated heterocycles. The fraction of sp³-hybridized carbons (Fsp3) is 0.308. The molecule has 0 fully saturated rings. The Balaban J connectivity index is 2.28. The average Bonchev–Trinajstić information content (AvgIpc) is 2.35. The van der Waals surface area contributed by atoms with Gasteiger partial charge in [0.2, 0.25) is 0 Å². The van der Waals surface area contributed by atoms with E-state index in [1.54, 1.807) is 6.20 Å². The molecular weight excluding hydrogens is 255 g/mol. The van der Waals surface area contributed by atoms with Crippen LogP contribution in [0.25, 0.3) is 10.9 Å². The van der Waals surface area contributed by atoms with Crippen LogP contribution in [0.4, 0.5) is 5.69 Å². The summed E-state index contributed by atoms with van der Waals surface area (Å²) >= 11 is 11.7. The Labute approximate surface area is 111 Å². The lowest BCUT2D eigenvalue weighted by Gasteiger charge is -2.12. The summed E-state index contributed by atoms with van der Waals surface area (Å²) in [5, 5.41) is 5.18. The van der Waals surface area contributed by atoms with Crippen molar-refractivity contribution in [1.82, 2.24) is 4.98 Å². The van der Waals surface area contributed by atoms with Gasteiger partial charge in [0, 0.05) is 34.7 Å². The number of pyridine rings is 1. The van der Waals surface area contributed by atoms with E-state index in [1.807, 2.05) is 24.3 Å². The van der Waals surface area contributed by atoms with Crippen molar-refractivity contribution >= 4 is 39.8 Å². The standard InChI is InChI=1S/C13H14Cl2N2/c1-9(7-14)8-17-12-4-5-16-13-6-10(15)2-3-11(12)13/h2-6,9H,7-8H2,1H3,(H,16,17). The molecular formula is C13H14Cl2N2. The first-order valence-electron chi connectivity index (χ1n) is 5.55. The quantitative estimate of drug-likeness (QED) is 0.842. The van der Waals surface area contributed by atoms with E-state index in [9.17, 15) is 0 Å². The van der Waals surface area contributed by atoms with Gasteiger partial charge in [-0.15, -0.1) is 11.6 Å². The SMILES string of the molecule is CC(CCl)CNc1ccnc2cc(Cl)ccc12. The summed E-state index contributed by atoms with van der Waals surface area (Å²) in [6, 6.07) is 7.70. The molecule has 1 heterocycles. The minimum atomic E-state index is 0.437. The zero-order valence-corrected chi connectivity index (χ0v) is 11.1. The Morgan fingerprint density at radius 3 is 2.94 bits per heavy atom. The van der Waals surface area contributed by atoms with E-state index in [4.69, 9.17) is 23.2 Å². The van der Waals surface area contributed by atoms with Crippen LogP contribution in [0, 0.1) is 5.92 Å². The monoisotopic (exact) mass is 268 g/mol. The van der Waals surface area contributed by atoms with Crippen LogP contribution in [0.1, 0.15) is 6.92 Å². The molecule has 0 aliphatic heterocycles. The number of nitrogens with one attached hydrogen (secondary N) is 1. The minimum absolute atomic E-state index is 0.437. The molecule has 2 rings (SSSR count). The maximum Gasteiger partial charge on any atom is 0.0737 e. The number of hydrogen-bond acceptors (Lipinski definition) is 2. The number of alkyl halides is 1. The van der Waals surface area contributed by atoms with E-state index in [0.29, 0.717) is 16.8 Å². The van der Waals surface area contributed by atoms with Crippen LogP contribution in [0.15, 0.2) is 30.5 Å². The molecule has 0 amide bonds. The van der Waals surface area contributed by atoms with Crippen molar-refractivity contribution in [3.05, 3.63) is 35.5 Å². The number of fused-ring (bicyclic) bond motifs is 1. The third-order valence-electron chi connectivity index (χ3n) is 2.61. The zero-order valence-electron chi connectivity index (χ0n) is 9.58. The molecule has 0 bridgehead atoms. The van der Waals surface area contributed by atoms with Gasteiger partial charge in [-0.25, -0.2) is 0 Å². The Kier molecular flexibility index (Phi) is 4.08. The van der Waals surface area contributed by atoms with Crippen LogP contribution < -0.4 is 5.32 Å². The molecule has 90 valence electrons. The zero-order chi connectivity index (χ0) is 12.3. The summed E-state index contributed by atoms with van der Waals surface area (Å²) in [4.78, 5) is 4.30. The van der Waals surface area contributed by atoms with Crippen molar-refractivity contribution in [1.29, 1.82) is 0 Å². The molecule has 0 aliphatic carbocycles. The molecule has 1 unspecified atom stereocenters. The Morgan fingerprint density at radius 1 is 1.35 bits per heavy atom. The van der Waals surface area contributed by atoms with Crippen LogP contribution in [0.5, 0.6) is 0 Å². The van der Waals surface area contributed by atoms with Crippen molar-refractivity contribution < 1.29 is 0 Å². The smallest absolute Gasteiger partial charge is 0.0737 e. The average molecular weight is 269 g/mol. The summed E-state index contributed by atoms with van der Waals surface area (Å²) in [5.41, 5.74) is 1.98. The van der Waals surface area contributed by atoms with E-state index < -0.39 is 0 Å². The lowest BCUT2D eigenvalue weighted by Crippen LogP contribution is -2.12. The summed E-state index contributed by atoms with van der Waals surface area (Å²) in [6.45, 7) is 2.96. The van der Waals surface area contributed by atoms with Crippen molar-refractivity contribution in [2.75, 3.05) is 17.7 Å². The minimum Gasteiger partial charge on any atom is -0.384 e. The summed E-state index contributed by atoms with van der Waals surface area (Å²) < 4.78 is 0. The van der Waals surface area contributed by atoms with Gasteiger partial charge in [-0.1, -0.05) is 18.5 Å². The van der Waals surface area contributed by atoms with Crippen LogP contribution >= 0.6 is 23.2 Å².